The van der Waals surface area contributed by atoms with Gasteiger partial charge in [-0.05, 0) is 68.1 Å². The summed E-state index contributed by atoms with van der Waals surface area (Å²) in [5, 5.41) is 0. The van der Waals surface area contributed by atoms with E-state index in [-0.39, 0.29) is 5.82 Å². The number of allylic oxidation sites excluding steroid dienone is 1. The molecule has 0 bridgehead atoms. The highest BCUT2D eigenvalue weighted by Crippen LogP contribution is 2.37. The van der Waals surface area contributed by atoms with Gasteiger partial charge < -0.3 is 0 Å². The van der Waals surface area contributed by atoms with E-state index in [9.17, 15) is 8.78 Å². The number of hydrogen-bond acceptors (Lipinski definition) is 0. The summed E-state index contributed by atoms with van der Waals surface area (Å²) in [6.45, 7) is 0. The maximum Gasteiger partial charge on any atom is 0.123 e. The molecule has 0 amide bonds. The van der Waals surface area contributed by atoms with E-state index in [1.807, 2.05) is 12.1 Å². The first-order valence-electron chi connectivity index (χ1n) is 8.80. The maximum atomic E-state index is 13.0. The Kier molecular flexibility index (Phi) is 7.62. The topological polar surface area (TPSA) is 0 Å². The van der Waals surface area contributed by atoms with Crippen LogP contribution >= 0.6 is 0 Å². The van der Waals surface area contributed by atoms with E-state index in [2.05, 4.69) is 0 Å². The molecule has 0 N–H and O–H groups in total. The standard InChI is InChI=1S/C20H28F2/c21-16-6-4-2-1-3-5-7-17-8-10-18(11-9-17)19-12-14-20(22)15-13-19/h6,12-18H,1-5,7-11H2/b16-6+. The molecule has 1 aromatic rings. The molecule has 0 aromatic heterocycles. The average molecular weight is 306 g/mol. The third-order valence-corrected chi connectivity index (χ3v) is 5.01. The SMILES string of the molecule is F/C=C/CCCCCCC1CCC(c2ccc(F)cc2)CC1. The van der Waals surface area contributed by atoms with E-state index in [0.717, 1.165) is 18.8 Å². The fourth-order valence-electron chi connectivity index (χ4n) is 3.63. The Labute approximate surface area is 133 Å². The summed E-state index contributed by atoms with van der Waals surface area (Å²) >= 11 is 0. The van der Waals surface area contributed by atoms with Gasteiger partial charge in [0.2, 0.25) is 0 Å². The van der Waals surface area contributed by atoms with Gasteiger partial charge in [-0.25, -0.2) is 8.78 Å². The van der Waals surface area contributed by atoms with Crippen LogP contribution in [0.5, 0.6) is 0 Å². The maximum absolute atomic E-state index is 13.0. The summed E-state index contributed by atoms with van der Waals surface area (Å²) in [6.07, 6.45) is 14.5. The van der Waals surface area contributed by atoms with E-state index in [1.165, 1.54) is 56.9 Å². The van der Waals surface area contributed by atoms with Crippen molar-refractivity contribution in [3.63, 3.8) is 0 Å². The molecular formula is C20H28F2. The van der Waals surface area contributed by atoms with Crippen LogP contribution < -0.4 is 0 Å². The van der Waals surface area contributed by atoms with Gasteiger partial charge >= 0.3 is 0 Å². The first-order chi connectivity index (χ1) is 10.8. The van der Waals surface area contributed by atoms with Crippen LogP contribution in [0.4, 0.5) is 8.78 Å². The Morgan fingerprint density at radius 2 is 1.59 bits per heavy atom. The third kappa shape index (κ3) is 5.90. The zero-order valence-electron chi connectivity index (χ0n) is 13.4. The molecule has 1 saturated carbocycles. The van der Waals surface area contributed by atoms with Crippen molar-refractivity contribution in [1.29, 1.82) is 0 Å². The number of rotatable bonds is 8. The second-order valence-corrected chi connectivity index (χ2v) is 6.62. The molecule has 122 valence electrons. The van der Waals surface area contributed by atoms with Gasteiger partial charge in [0, 0.05) is 0 Å². The van der Waals surface area contributed by atoms with Crippen LogP contribution in [0, 0.1) is 11.7 Å². The largest absolute Gasteiger partial charge is 0.216 e. The van der Waals surface area contributed by atoms with Crippen LogP contribution in [0.15, 0.2) is 36.7 Å². The lowest BCUT2D eigenvalue weighted by Gasteiger charge is -2.28. The molecule has 1 aromatic carbocycles. The summed E-state index contributed by atoms with van der Waals surface area (Å²) < 4.78 is 24.8. The van der Waals surface area contributed by atoms with Crippen molar-refractivity contribution in [2.24, 2.45) is 5.92 Å². The zero-order valence-corrected chi connectivity index (χ0v) is 13.4. The summed E-state index contributed by atoms with van der Waals surface area (Å²) in [6, 6.07) is 7.07. The summed E-state index contributed by atoms with van der Waals surface area (Å²) in [5.41, 5.74) is 1.31. The van der Waals surface area contributed by atoms with Gasteiger partial charge in [0.1, 0.15) is 5.82 Å². The summed E-state index contributed by atoms with van der Waals surface area (Å²) in [5.74, 6) is 1.37. The predicted molar refractivity (Wildman–Crippen MR) is 89.0 cm³/mol. The van der Waals surface area contributed by atoms with Crippen LogP contribution in [-0.4, -0.2) is 0 Å². The molecule has 1 fully saturated rings. The van der Waals surface area contributed by atoms with E-state index in [4.69, 9.17) is 0 Å². The minimum absolute atomic E-state index is 0.139. The van der Waals surface area contributed by atoms with Gasteiger partial charge in [0.15, 0.2) is 0 Å². The van der Waals surface area contributed by atoms with Crippen LogP contribution in [-0.2, 0) is 0 Å². The second-order valence-electron chi connectivity index (χ2n) is 6.62. The van der Waals surface area contributed by atoms with E-state index in [0.29, 0.717) is 12.2 Å². The van der Waals surface area contributed by atoms with E-state index in [1.54, 1.807) is 18.2 Å². The predicted octanol–water partition coefficient (Wildman–Crippen LogP) is 6.92. The Morgan fingerprint density at radius 1 is 0.909 bits per heavy atom. The first-order valence-corrected chi connectivity index (χ1v) is 8.80. The average Bonchev–Trinajstić information content (AvgIpc) is 2.55. The van der Waals surface area contributed by atoms with Gasteiger partial charge in [0.05, 0.1) is 6.33 Å². The molecule has 0 unspecified atom stereocenters. The van der Waals surface area contributed by atoms with Gasteiger partial charge in [-0.3, -0.25) is 0 Å². The van der Waals surface area contributed by atoms with Crippen molar-refractivity contribution < 1.29 is 8.78 Å². The quantitative estimate of drug-likeness (QED) is 0.457. The highest BCUT2D eigenvalue weighted by molar-refractivity contribution is 5.20. The van der Waals surface area contributed by atoms with Gasteiger partial charge in [-0.15, -0.1) is 0 Å². The molecule has 0 nitrogen and oxygen atoms in total. The fourth-order valence-corrected chi connectivity index (χ4v) is 3.63. The van der Waals surface area contributed by atoms with Crippen molar-refractivity contribution in [2.45, 2.75) is 70.1 Å². The van der Waals surface area contributed by atoms with Crippen molar-refractivity contribution in [2.75, 3.05) is 0 Å². The Hall–Kier alpha value is -1.18. The number of unbranched alkanes of at least 4 members (excludes halogenated alkanes) is 4. The summed E-state index contributed by atoms with van der Waals surface area (Å²) in [4.78, 5) is 0. The van der Waals surface area contributed by atoms with Crippen molar-refractivity contribution in [3.8, 4) is 0 Å². The number of halogens is 2. The van der Waals surface area contributed by atoms with E-state index < -0.39 is 0 Å². The normalized spacial score (nSPS) is 22.3. The molecule has 1 aliphatic rings. The molecule has 22 heavy (non-hydrogen) atoms. The third-order valence-electron chi connectivity index (χ3n) is 5.01. The Bertz CT molecular complexity index is 428. The van der Waals surface area contributed by atoms with Crippen LogP contribution in [0.1, 0.15) is 75.7 Å². The molecule has 2 rings (SSSR count). The Morgan fingerprint density at radius 3 is 2.27 bits per heavy atom. The monoisotopic (exact) mass is 306 g/mol. The fraction of sp³-hybridized carbons (Fsp3) is 0.600. The molecule has 0 radical (unpaired) electrons. The number of hydrogen-bond donors (Lipinski definition) is 0. The van der Waals surface area contributed by atoms with Crippen LogP contribution in [0.3, 0.4) is 0 Å². The summed E-state index contributed by atoms with van der Waals surface area (Å²) in [7, 11) is 0. The van der Waals surface area contributed by atoms with Crippen molar-refractivity contribution in [1.82, 2.24) is 0 Å². The molecule has 0 aliphatic heterocycles. The first kappa shape index (κ1) is 17.2. The molecular weight excluding hydrogens is 278 g/mol. The molecule has 0 saturated heterocycles. The smallest absolute Gasteiger partial charge is 0.123 e. The number of benzene rings is 1. The lowest BCUT2D eigenvalue weighted by Crippen LogP contribution is -2.13. The van der Waals surface area contributed by atoms with E-state index >= 15 is 0 Å². The highest BCUT2D eigenvalue weighted by Gasteiger charge is 2.21. The molecule has 0 atom stereocenters. The highest BCUT2D eigenvalue weighted by atomic mass is 19.1. The van der Waals surface area contributed by atoms with Crippen LogP contribution in [0.25, 0.3) is 0 Å². The van der Waals surface area contributed by atoms with Gasteiger partial charge in [-0.1, -0.05) is 43.9 Å². The minimum Gasteiger partial charge on any atom is -0.216 e. The molecule has 2 heteroatoms. The Balaban J connectivity index is 1.58. The second kappa shape index (κ2) is 9.76. The van der Waals surface area contributed by atoms with Crippen molar-refractivity contribution in [3.05, 3.63) is 48.1 Å². The zero-order chi connectivity index (χ0) is 15.6. The minimum atomic E-state index is -0.139. The lowest BCUT2D eigenvalue weighted by molar-refractivity contribution is 0.302. The molecule has 0 heterocycles. The van der Waals surface area contributed by atoms with Gasteiger partial charge in [-0.2, -0.15) is 0 Å². The lowest BCUT2D eigenvalue weighted by atomic mass is 9.77. The van der Waals surface area contributed by atoms with Crippen LogP contribution in [0.2, 0.25) is 0 Å². The van der Waals surface area contributed by atoms with Crippen molar-refractivity contribution >= 4 is 0 Å². The van der Waals surface area contributed by atoms with Gasteiger partial charge in [0.25, 0.3) is 0 Å². The molecule has 1 aliphatic carbocycles. The molecule has 0 spiro atoms.